The second-order valence-electron chi connectivity index (χ2n) is 13.9. The van der Waals surface area contributed by atoms with Crippen LogP contribution in [-0.2, 0) is 32.7 Å². The number of methoxy groups -OCH3 is 3. The molecule has 0 saturated heterocycles. The average molecular weight is 639 g/mol. The smallest absolute Gasteiger partial charge is 0.337 e. The number of nitrogens with one attached hydrogen (secondary N) is 1. The number of benzene rings is 3. The number of nitrogens with zero attached hydrogens (tertiary/aromatic N) is 1. The molecule has 4 bridgehead atoms. The molecular formula is C38H42N2O7. The molecule has 1 N–H and O–H groups in total. The maximum atomic E-state index is 14.5. The number of rotatable bonds is 9. The standard InChI is InChI=1S/C38H42N2O7/c1-44-32-15-27-12-13-40(21-28(27)16-33(32)45-2)36(43)38-19-24-14-25(20-38)18-37(17-24,23-38)29-6-10-31(11-7-29)47-22-34(41)39-30-8-4-26(5-9-30)35(42)46-3/h4-11,15-16,24-25H,12-14,17-23H2,1-3H3,(H,39,41). The second-order valence-corrected chi connectivity index (χ2v) is 13.9. The molecule has 0 radical (unpaired) electrons. The van der Waals surface area contributed by atoms with Gasteiger partial charge in [-0.25, -0.2) is 4.79 Å². The summed E-state index contributed by atoms with van der Waals surface area (Å²) in [5, 5.41) is 2.79. The molecule has 9 heteroatoms. The number of esters is 1. The first-order valence-electron chi connectivity index (χ1n) is 16.5. The first-order valence-corrected chi connectivity index (χ1v) is 16.5. The maximum Gasteiger partial charge on any atom is 0.337 e. The van der Waals surface area contributed by atoms with Crippen LogP contribution in [0.1, 0.15) is 65.6 Å². The highest BCUT2D eigenvalue weighted by Gasteiger charge is 2.61. The third-order valence-electron chi connectivity index (χ3n) is 10.9. The van der Waals surface area contributed by atoms with Crippen molar-refractivity contribution in [3.05, 3.63) is 82.9 Å². The number of fused-ring (bicyclic) bond motifs is 1. The molecule has 246 valence electrons. The van der Waals surface area contributed by atoms with E-state index in [0.717, 1.165) is 56.4 Å². The van der Waals surface area contributed by atoms with Crippen LogP contribution in [0, 0.1) is 17.3 Å². The van der Waals surface area contributed by atoms with Crippen molar-refractivity contribution in [3.63, 3.8) is 0 Å². The van der Waals surface area contributed by atoms with Crippen molar-refractivity contribution in [1.29, 1.82) is 0 Å². The normalized spacial score (nSPS) is 25.5. The highest BCUT2D eigenvalue weighted by Crippen LogP contribution is 2.66. The van der Waals surface area contributed by atoms with Gasteiger partial charge >= 0.3 is 5.97 Å². The van der Waals surface area contributed by atoms with Gasteiger partial charge in [-0.05, 0) is 127 Å². The molecule has 4 saturated carbocycles. The molecule has 3 aromatic carbocycles. The molecule has 4 fully saturated rings. The molecule has 5 aliphatic rings. The Morgan fingerprint density at radius 2 is 1.51 bits per heavy atom. The van der Waals surface area contributed by atoms with Crippen molar-refractivity contribution in [1.82, 2.24) is 4.90 Å². The van der Waals surface area contributed by atoms with Crippen molar-refractivity contribution < 1.29 is 33.3 Å². The molecule has 0 aromatic heterocycles. The summed E-state index contributed by atoms with van der Waals surface area (Å²) in [4.78, 5) is 40.8. The molecular weight excluding hydrogens is 596 g/mol. The van der Waals surface area contributed by atoms with Gasteiger partial charge in [0.15, 0.2) is 18.1 Å². The van der Waals surface area contributed by atoms with Gasteiger partial charge in [0.05, 0.1) is 32.3 Å². The Morgan fingerprint density at radius 1 is 0.851 bits per heavy atom. The number of carbonyl (C=O) groups is 3. The molecule has 0 spiro atoms. The summed E-state index contributed by atoms with van der Waals surface area (Å²) >= 11 is 0. The average Bonchev–Trinajstić information content (AvgIpc) is 3.09. The zero-order valence-electron chi connectivity index (χ0n) is 27.3. The lowest BCUT2D eigenvalue weighted by Gasteiger charge is -2.62. The molecule has 9 nitrogen and oxygen atoms in total. The summed E-state index contributed by atoms with van der Waals surface area (Å²) in [6, 6.07) is 18.8. The van der Waals surface area contributed by atoms with E-state index in [9.17, 15) is 14.4 Å². The van der Waals surface area contributed by atoms with Gasteiger partial charge in [-0.2, -0.15) is 0 Å². The van der Waals surface area contributed by atoms with Crippen molar-refractivity contribution in [2.45, 2.75) is 56.9 Å². The van der Waals surface area contributed by atoms with Gasteiger partial charge in [-0.3, -0.25) is 9.59 Å². The minimum atomic E-state index is -0.429. The lowest BCUT2D eigenvalue weighted by Crippen LogP contribution is -2.60. The van der Waals surface area contributed by atoms with E-state index in [4.69, 9.17) is 18.9 Å². The van der Waals surface area contributed by atoms with Crippen LogP contribution in [0.4, 0.5) is 5.69 Å². The fraction of sp³-hybridized carbons (Fsp3) is 0.447. The first kappa shape index (κ1) is 31.1. The van der Waals surface area contributed by atoms with Crippen molar-refractivity contribution >= 4 is 23.5 Å². The van der Waals surface area contributed by atoms with E-state index in [0.29, 0.717) is 47.0 Å². The van der Waals surface area contributed by atoms with Crippen LogP contribution in [0.2, 0.25) is 0 Å². The van der Waals surface area contributed by atoms with E-state index in [1.165, 1.54) is 24.7 Å². The Morgan fingerprint density at radius 3 is 2.15 bits per heavy atom. The van der Waals surface area contributed by atoms with Crippen LogP contribution < -0.4 is 19.5 Å². The SMILES string of the molecule is COC(=O)c1ccc(NC(=O)COc2ccc(C34CC5CC(CC(C(=O)N6CCc7cc(OC)c(OC)cc7C6)(C5)C3)C4)cc2)cc1. The zero-order valence-corrected chi connectivity index (χ0v) is 27.3. The van der Waals surface area contributed by atoms with Crippen LogP contribution in [0.5, 0.6) is 17.2 Å². The van der Waals surface area contributed by atoms with Crippen LogP contribution in [-0.4, -0.2) is 57.2 Å². The Bertz CT molecular complexity index is 1670. The predicted octanol–water partition coefficient (Wildman–Crippen LogP) is 5.93. The molecule has 47 heavy (non-hydrogen) atoms. The molecule has 1 heterocycles. The van der Waals surface area contributed by atoms with E-state index < -0.39 is 5.97 Å². The Balaban J connectivity index is 1.02. The number of hydrogen-bond acceptors (Lipinski definition) is 7. The van der Waals surface area contributed by atoms with Crippen molar-refractivity contribution in [2.75, 3.05) is 39.8 Å². The molecule has 4 aliphatic carbocycles. The summed E-state index contributed by atoms with van der Waals surface area (Å²) in [6.07, 6.45) is 7.14. The lowest BCUT2D eigenvalue weighted by molar-refractivity contribution is -0.161. The minimum Gasteiger partial charge on any atom is -0.493 e. The first-order chi connectivity index (χ1) is 22.7. The van der Waals surface area contributed by atoms with E-state index in [-0.39, 0.29) is 23.3 Å². The summed E-state index contributed by atoms with van der Waals surface area (Å²) in [7, 11) is 4.63. The highest BCUT2D eigenvalue weighted by molar-refractivity contribution is 5.93. The largest absolute Gasteiger partial charge is 0.493 e. The fourth-order valence-corrected chi connectivity index (χ4v) is 9.30. The molecule has 2 unspecified atom stereocenters. The Hall–Kier alpha value is -4.53. The van der Waals surface area contributed by atoms with Gasteiger partial charge in [0.25, 0.3) is 5.91 Å². The maximum absolute atomic E-state index is 14.5. The van der Waals surface area contributed by atoms with Gasteiger partial charge in [0.2, 0.25) is 5.91 Å². The van der Waals surface area contributed by atoms with Gasteiger partial charge in [-0.15, -0.1) is 0 Å². The third kappa shape index (κ3) is 5.81. The van der Waals surface area contributed by atoms with Crippen molar-refractivity contribution in [3.8, 4) is 17.2 Å². The monoisotopic (exact) mass is 638 g/mol. The Kier molecular flexibility index (Phi) is 8.10. The van der Waals surface area contributed by atoms with E-state index >= 15 is 0 Å². The topological polar surface area (TPSA) is 103 Å². The second kappa shape index (κ2) is 12.2. The van der Waals surface area contributed by atoms with E-state index in [1.807, 2.05) is 18.2 Å². The summed E-state index contributed by atoms with van der Waals surface area (Å²) < 4.78 is 21.6. The van der Waals surface area contributed by atoms with Crippen LogP contribution in [0.25, 0.3) is 0 Å². The lowest BCUT2D eigenvalue weighted by atomic mass is 9.42. The number of carbonyl (C=O) groups excluding carboxylic acids is 3. The number of hydrogen-bond donors (Lipinski definition) is 1. The molecule has 1 aliphatic heterocycles. The minimum absolute atomic E-state index is 0.0176. The summed E-state index contributed by atoms with van der Waals surface area (Å²) in [6.45, 7) is 1.20. The predicted molar refractivity (Wildman–Crippen MR) is 176 cm³/mol. The quantitative estimate of drug-likeness (QED) is 0.290. The van der Waals surface area contributed by atoms with E-state index in [2.05, 4.69) is 28.4 Å². The molecule has 2 atom stereocenters. The van der Waals surface area contributed by atoms with Crippen LogP contribution in [0.15, 0.2) is 60.7 Å². The third-order valence-corrected chi connectivity index (χ3v) is 10.9. The number of amides is 2. The highest BCUT2D eigenvalue weighted by atomic mass is 16.5. The number of anilines is 1. The van der Waals surface area contributed by atoms with Crippen LogP contribution >= 0.6 is 0 Å². The van der Waals surface area contributed by atoms with Gasteiger partial charge in [0, 0.05) is 18.8 Å². The Labute approximate surface area is 275 Å². The summed E-state index contributed by atoms with van der Waals surface area (Å²) in [5.74, 6) is 2.78. The van der Waals surface area contributed by atoms with Gasteiger partial charge in [-0.1, -0.05) is 12.1 Å². The molecule has 8 rings (SSSR count). The fourth-order valence-electron chi connectivity index (χ4n) is 9.30. The zero-order chi connectivity index (χ0) is 32.8. The van der Waals surface area contributed by atoms with E-state index in [1.54, 1.807) is 38.5 Å². The summed E-state index contributed by atoms with van der Waals surface area (Å²) in [5.41, 5.74) is 4.28. The van der Waals surface area contributed by atoms with Crippen LogP contribution in [0.3, 0.4) is 0 Å². The van der Waals surface area contributed by atoms with Gasteiger partial charge < -0.3 is 29.2 Å². The van der Waals surface area contributed by atoms with Crippen molar-refractivity contribution in [2.24, 2.45) is 17.3 Å². The number of ether oxygens (including phenoxy) is 4. The molecule has 3 aromatic rings. The molecule has 2 amide bonds. The van der Waals surface area contributed by atoms with Gasteiger partial charge in [0.1, 0.15) is 5.75 Å².